The Morgan fingerprint density at radius 1 is 0.975 bits per heavy atom. The molecule has 1 saturated heterocycles. The fourth-order valence-electron chi connectivity index (χ4n) is 4.13. The van der Waals surface area contributed by atoms with Gasteiger partial charge in [0.05, 0.1) is 0 Å². The minimum atomic E-state index is -3.28. The number of hydrogen-bond donors (Lipinski definition) is 5. The summed E-state index contributed by atoms with van der Waals surface area (Å²) in [6.07, 6.45) is -0.777. The van der Waals surface area contributed by atoms with Gasteiger partial charge in [-0.25, -0.2) is 19.1 Å². The minimum Gasteiger partial charge on any atom is -0.341 e. The number of likely N-dealkylation sites (tertiary alicyclic amines) is 1. The molecule has 4 amide bonds. The van der Waals surface area contributed by atoms with Crippen molar-refractivity contribution in [2.75, 3.05) is 20.1 Å². The molecule has 0 aliphatic carbocycles. The van der Waals surface area contributed by atoms with E-state index in [4.69, 9.17) is 5.21 Å². The highest BCUT2D eigenvalue weighted by atomic mass is 19.3. The second-order valence-electron chi connectivity index (χ2n) is 9.43. The van der Waals surface area contributed by atoms with Gasteiger partial charge in [0.25, 0.3) is 18.2 Å². The Bertz CT molecular complexity index is 1320. The fourth-order valence-corrected chi connectivity index (χ4v) is 4.13. The predicted molar refractivity (Wildman–Crippen MR) is 144 cm³/mol. The van der Waals surface area contributed by atoms with Gasteiger partial charge in [0.15, 0.2) is 0 Å². The summed E-state index contributed by atoms with van der Waals surface area (Å²) in [4.78, 5) is 39.1. The quantitative estimate of drug-likeness (QED) is 0.196. The summed E-state index contributed by atoms with van der Waals surface area (Å²) in [6, 6.07) is 10.9. The predicted octanol–water partition coefficient (Wildman–Crippen LogP) is 2.24. The topological polar surface area (TPSA) is 123 Å². The lowest BCUT2D eigenvalue weighted by molar-refractivity contribution is -0.135. The first kappa shape index (κ1) is 30.1. The molecule has 0 spiro atoms. The number of alkyl halides is 2. The summed E-state index contributed by atoms with van der Waals surface area (Å²) in [7, 11) is 1.20. The number of urea groups is 1. The van der Waals surface area contributed by atoms with Crippen molar-refractivity contribution in [3.63, 3.8) is 0 Å². The van der Waals surface area contributed by atoms with Gasteiger partial charge in [0, 0.05) is 30.3 Å². The zero-order chi connectivity index (χ0) is 29.1. The third-order valence-electron chi connectivity index (χ3n) is 6.49. The van der Waals surface area contributed by atoms with Gasteiger partial charge in [-0.2, -0.15) is 0 Å². The first-order valence-corrected chi connectivity index (χ1v) is 12.6. The molecule has 11 heteroatoms. The maximum absolute atomic E-state index is 13.9. The van der Waals surface area contributed by atoms with Crippen molar-refractivity contribution in [1.29, 1.82) is 0 Å². The van der Waals surface area contributed by atoms with Crippen molar-refractivity contribution in [2.24, 2.45) is 0 Å². The Kier molecular flexibility index (Phi) is 10.6. The first-order valence-electron chi connectivity index (χ1n) is 12.6. The van der Waals surface area contributed by atoms with Crippen molar-refractivity contribution in [1.82, 2.24) is 26.3 Å². The van der Waals surface area contributed by atoms with E-state index in [1.165, 1.54) is 55.2 Å². The number of nitrogens with one attached hydrogen (secondary N) is 4. The van der Waals surface area contributed by atoms with Crippen molar-refractivity contribution in [3.05, 3.63) is 70.8 Å². The number of benzene rings is 2. The molecule has 0 radical (unpaired) electrons. The summed E-state index contributed by atoms with van der Waals surface area (Å²) in [5, 5.41) is 15.3. The average molecular weight is 552 g/mol. The lowest BCUT2D eigenvalue weighted by Crippen LogP contribution is -2.69. The normalized spacial score (nSPS) is 14.9. The standard InChI is InChI=1S/C29H31F2N5O4/c1-29(27(30)31,34-28(39)32-2)24(26(38)35-40)33-25(37)23-15-13-21(14-16-23)8-4-3-7-20-9-11-22(12-10-20)19-36-17-5-6-18-36/h9-16,24,27,40H,5-6,17-19H2,1-2H3,(H,33,37)(H,35,38)(H2,32,34,39)/t24-,29?/m1/s1. The van der Waals surface area contributed by atoms with Crippen LogP contribution in [0.25, 0.3) is 0 Å². The second-order valence-corrected chi connectivity index (χ2v) is 9.43. The summed E-state index contributed by atoms with van der Waals surface area (Å²) in [5.41, 5.74) is 1.38. The molecule has 9 nitrogen and oxygen atoms in total. The van der Waals surface area contributed by atoms with Gasteiger partial charge in [-0.1, -0.05) is 24.0 Å². The number of halogens is 2. The van der Waals surface area contributed by atoms with Gasteiger partial charge >= 0.3 is 6.03 Å². The van der Waals surface area contributed by atoms with E-state index >= 15 is 0 Å². The molecular weight excluding hydrogens is 520 g/mol. The molecular formula is C29H31F2N5O4. The average Bonchev–Trinajstić information content (AvgIpc) is 3.47. The lowest BCUT2D eigenvalue weighted by atomic mass is 9.91. The molecule has 210 valence electrons. The van der Waals surface area contributed by atoms with Crippen LogP contribution in [-0.4, -0.2) is 66.1 Å². The summed E-state index contributed by atoms with van der Waals surface area (Å²) >= 11 is 0. The van der Waals surface area contributed by atoms with E-state index in [-0.39, 0.29) is 5.56 Å². The molecule has 0 aromatic heterocycles. The molecule has 2 aromatic rings. The van der Waals surface area contributed by atoms with Crippen molar-refractivity contribution < 1.29 is 28.4 Å². The molecule has 40 heavy (non-hydrogen) atoms. The molecule has 1 aliphatic heterocycles. The highest BCUT2D eigenvalue weighted by Crippen LogP contribution is 2.21. The zero-order valence-corrected chi connectivity index (χ0v) is 22.2. The molecule has 2 atom stereocenters. The van der Waals surface area contributed by atoms with E-state index in [1.54, 1.807) is 0 Å². The van der Waals surface area contributed by atoms with Crippen LogP contribution >= 0.6 is 0 Å². The molecule has 2 aromatic carbocycles. The number of hydroxylamine groups is 1. The van der Waals surface area contributed by atoms with Gasteiger partial charge in [-0.05, 0) is 86.7 Å². The Labute approximate surface area is 231 Å². The van der Waals surface area contributed by atoms with Gasteiger partial charge in [0.1, 0.15) is 11.6 Å². The number of amides is 4. The number of nitrogens with zero attached hydrogens (tertiary/aromatic N) is 1. The van der Waals surface area contributed by atoms with E-state index < -0.39 is 35.9 Å². The van der Waals surface area contributed by atoms with Crippen LogP contribution < -0.4 is 21.4 Å². The highest BCUT2D eigenvalue weighted by molar-refractivity contribution is 5.98. The van der Waals surface area contributed by atoms with E-state index in [9.17, 15) is 23.2 Å². The highest BCUT2D eigenvalue weighted by Gasteiger charge is 2.48. The van der Waals surface area contributed by atoms with Crippen LogP contribution in [0.3, 0.4) is 0 Å². The van der Waals surface area contributed by atoms with E-state index in [0.717, 1.165) is 32.1 Å². The largest absolute Gasteiger partial charge is 0.341 e. The van der Waals surface area contributed by atoms with Crippen LogP contribution in [0.5, 0.6) is 0 Å². The summed E-state index contributed by atoms with van der Waals surface area (Å²) < 4.78 is 27.8. The van der Waals surface area contributed by atoms with Crippen LogP contribution in [0, 0.1) is 23.7 Å². The number of carbonyl (C=O) groups is 3. The monoisotopic (exact) mass is 551 g/mol. The molecule has 1 fully saturated rings. The van der Waals surface area contributed by atoms with E-state index in [0.29, 0.717) is 5.56 Å². The van der Waals surface area contributed by atoms with Gasteiger partial charge < -0.3 is 16.0 Å². The number of hydrogen-bond acceptors (Lipinski definition) is 5. The Morgan fingerprint density at radius 3 is 2.02 bits per heavy atom. The summed E-state index contributed by atoms with van der Waals surface area (Å²) in [5.74, 6) is 9.18. The third kappa shape index (κ3) is 8.03. The van der Waals surface area contributed by atoms with Gasteiger partial charge in [-0.15, -0.1) is 0 Å². The molecule has 0 saturated carbocycles. The Hall–Kier alpha value is -4.45. The van der Waals surface area contributed by atoms with Crippen LogP contribution in [-0.2, 0) is 11.3 Å². The van der Waals surface area contributed by atoms with Crippen LogP contribution in [0.15, 0.2) is 48.5 Å². The third-order valence-corrected chi connectivity index (χ3v) is 6.49. The Morgan fingerprint density at radius 2 is 1.52 bits per heavy atom. The van der Waals surface area contributed by atoms with Gasteiger partial charge in [0.2, 0.25) is 0 Å². The SMILES string of the molecule is CNC(=O)NC(C)(C(F)F)[C@H](NC(=O)c1ccc(C#CC#Cc2ccc(CN3CCCC3)cc2)cc1)C(=O)NO. The van der Waals surface area contributed by atoms with Crippen molar-refractivity contribution in [3.8, 4) is 23.7 Å². The van der Waals surface area contributed by atoms with Crippen molar-refractivity contribution in [2.45, 2.75) is 44.3 Å². The maximum atomic E-state index is 13.9. The number of rotatable bonds is 8. The van der Waals surface area contributed by atoms with Crippen LogP contribution in [0.4, 0.5) is 13.6 Å². The lowest BCUT2D eigenvalue weighted by Gasteiger charge is -2.36. The fraction of sp³-hybridized carbons (Fsp3) is 0.345. The molecule has 1 aliphatic rings. The maximum Gasteiger partial charge on any atom is 0.315 e. The Balaban J connectivity index is 1.64. The van der Waals surface area contributed by atoms with E-state index in [1.807, 2.05) is 17.4 Å². The van der Waals surface area contributed by atoms with Crippen molar-refractivity contribution >= 4 is 17.8 Å². The molecule has 1 heterocycles. The molecule has 1 unspecified atom stereocenters. The van der Waals surface area contributed by atoms with Crippen LogP contribution in [0.2, 0.25) is 0 Å². The molecule has 5 N–H and O–H groups in total. The first-order chi connectivity index (χ1) is 19.2. The zero-order valence-electron chi connectivity index (χ0n) is 22.2. The summed E-state index contributed by atoms with van der Waals surface area (Å²) in [6.45, 7) is 4.09. The minimum absolute atomic E-state index is 0.0398. The number of carbonyl (C=O) groups excluding carboxylic acids is 3. The van der Waals surface area contributed by atoms with E-state index in [2.05, 4.69) is 51.3 Å². The smallest absolute Gasteiger partial charge is 0.315 e. The van der Waals surface area contributed by atoms with Crippen LogP contribution in [0.1, 0.15) is 46.8 Å². The molecule has 3 rings (SSSR count). The van der Waals surface area contributed by atoms with Gasteiger partial charge in [-0.3, -0.25) is 19.7 Å². The second kappa shape index (κ2) is 14.1. The molecule has 0 bridgehead atoms.